The molecule has 26 heavy (non-hydrogen) atoms. The Kier molecular flexibility index (Phi) is 5.35. The molecule has 138 valence electrons. The van der Waals surface area contributed by atoms with Crippen LogP contribution in [-0.4, -0.2) is 24.7 Å². The first-order valence-electron chi connectivity index (χ1n) is 8.32. The molecule has 0 radical (unpaired) electrons. The van der Waals surface area contributed by atoms with Gasteiger partial charge < -0.3 is 15.4 Å². The molecule has 1 saturated carbocycles. The van der Waals surface area contributed by atoms with Crippen molar-refractivity contribution in [1.29, 1.82) is 0 Å². The third-order valence-corrected chi connectivity index (χ3v) is 3.89. The molecular weight excluding hydrogens is 345 g/mol. The van der Waals surface area contributed by atoms with Gasteiger partial charge in [0, 0.05) is 11.7 Å². The van der Waals surface area contributed by atoms with E-state index in [9.17, 15) is 18.0 Å². The van der Waals surface area contributed by atoms with Crippen molar-refractivity contribution in [1.82, 2.24) is 5.32 Å². The summed E-state index contributed by atoms with van der Waals surface area (Å²) in [6.07, 6.45) is -2.41. The Balaban J connectivity index is 1.69. The molecule has 7 heteroatoms. The second kappa shape index (κ2) is 7.68. The van der Waals surface area contributed by atoms with Gasteiger partial charge in [-0.15, -0.1) is 0 Å². The van der Waals surface area contributed by atoms with Gasteiger partial charge in [0.2, 0.25) is 5.91 Å². The molecule has 0 aromatic heterocycles. The van der Waals surface area contributed by atoms with E-state index in [0.29, 0.717) is 5.69 Å². The highest BCUT2D eigenvalue weighted by molar-refractivity contribution is 5.86. The van der Waals surface area contributed by atoms with Gasteiger partial charge in [0.1, 0.15) is 11.8 Å². The van der Waals surface area contributed by atoms with Crippen molar-refractivity contribution in [3.8, 4) is 5.75 Å². The van der Waals surface area contributed by atoms with Crippen LogP contribution >= 0.6 is 0 Å². The highest BCUT2D eigenvalue weighted by Crippen LogP contribution is 2.25. The smallest absolute Gasteiger partial charge is 0.422 e. The Morgan fingerprint density at radius 2 is 1.73 bits per heavy atom. The first kappa shape index (κ1) is 18.1. The summed E-state index contributed by atoms with van der Waals surface area (Å²) in [6.45, 7) is -1.34. The molecule has 1 fully saturated rings. The van der Waals surface area contributed by atoms with Gasteiger partial charge in [0.15, 0.2) is 6.61 Å². The van der Waals surface area contributed by atoms with Gasteiger partial charge >= 0.3 is 6.18 Å². The van der Waals surface area contributed by atoms with Crippen molar-refractivity contribution < 1.29 is 22.7 Å². The minimum absolute atomic E-state index is 0.117. The van der Waals surface area contributed by atoms with E-state index in [1.807, 2.05) is 30.3 Å². The van der Waals surface area contributed by atoms with Crippen molar-refractivity contribution in [2.75, 3.05) is 11.9 Å². The number of anilines is 1. The number of rotatable bonds is 7. The molecule has 0 saturated heterocycles. The van der Waals surface area contributed by atoms with Crippen LogP contribution in [0.25, 0.3) is 0 Å². The molecule has 3 rings (SSSR count). The lowest BCUT2D eigenvalue weighted by Gasteiger charge is -2.20. The number of halogens is 3. The summed E-state index contributed by atoms with van der Waals surface area (Å²) < 4.78 is 41.3. The summed E-state index contributed by atoms with van der Waals surface area (Å²) in [7, 11) is 0. The zero-order chi connectivity index (χ0) is 18.6. The number of hydrogen-bond donors (Lipinski definition) is 2. The predicted octanol–water partition coefficient (Wildman–Crippen LogP) is 4.06. The maximum atomic E-state index is 12.6. The topological polar surface area (TPSA) is 50.4 Å². The van der Waals surface area contributed by atoms with E-state index in [4.69, 9.17) is 4.74 Å². The number of hydrogen-bond acceptors (Lipinski definition) is 3. The number of benzene rings is 2. The molecule has 2 aromatic rings. The number of alkyl halides is 3. The van der Waals surface area contributed by atoms with Gasteiger partial charge in [0.05, 0.1) is 0 Å². The van der Waals surface area contributed by atoms with E-state index in [2.05, 4.69) is 10.6 Å². The minimum atomic E-state index is -4.38. The lowest BCUT2D eigenvalue weighted by atomic mass is 10.1. The van der Waals surface area contributed by atoms with Crippen molar-refractivity contribution in [2.45, 2.75) is 31.1 Å². The summed E-state index contributed by atoms with van der Waals surface area (Å²) >= 11 is 0. The van der Waals surface area contributed by atoms with Crippen LogP contribution < -0.4 is 15.4 Å². The molecule has 0 heterocycles. The normalized spacial score (nSPS) is 15.2. The van der Waals surface area contributed by atoms with Crippen molar-refractivity contribution in [2.24, 2.45) is 0 Å². The SMILES string of the molecule is O=C(NC1CC1)[C@H](Nc1ccc(OCC(F)(F)F)cc1)c1ccccc1. The Labute approximate surface area is 149 Å². The molecular formula is C19H19F3N2O2. The monoisotopic (exact) mass is 364 g/mol. The van der Waals surface area contributed by atoms with E-state index < -0.39 is 18.8 Å². The van der Waals surface area contributed by atoms with E-state index in [0.717, 1.165) is 18.4 Å². The Morgan fingerprint density at radius 3 is 2.31 bits per heavy atom. The van der Waals surface area contributed by atoms with Gasteiger partial charge in [-0.1, -0.05) is 30.3 Å². The Bertz CT molecular complexity index is 729. The van der Waals surface area contributed by atoms with Gasteiger partial charge in [-0.3, -0.25) is 4.79 Å². The zero-order valence-corrected chi connectivity index (χ0v) is 13.9. The minimum Gasteiger partial charge on any atom is -0.484 e. The lowest BCUT2D eigenvalue weighted by molar-refractivity contribution is -0.153. The number of ether oxygens (including phenoxy) is 1. The van der Waals surface area contributed by atoms with Crippen molar-refractivity contribution in [3.05, 3.63) is 60.2 Å². The third-order valence-electron chi connectivity index (χ3n) is 3.89. The molecule has 0 spiro atoms. The molecule has 1 aliphatic carbocycles. The molecule has 2 N–H and O–H groups in total. The van der Waals surface area contributed by atoms with Crippen LogP contribution in [-0.2, 0) is 4.79 Å². The van der Waals surface area contributed by atoms with Crippen molar-refractivity contribution in [3.63, 3.8) is 0 Å². The number of carbonyl (C=O) groups excluding carboxylic acids is 1. The summed E-state index contributed by atoms with van der Waals surface area (Å²) in [5.74, 6) is -0.0114. The number of carbonyl (C=O) groups is 1. The second-order valence-corrected chi connectivity index (χ2v) is 6.20. The average molecular weight is 364 g/mol. The molecule has 0 aliphatic heterocycles. The maximum absolute atomic E-state index is 12.6. The highest BCUT2D eigenvalue weighted by Gasteiger charge is 2.29. The molecule has 1 amide bonds. The van der Waals surface area contributed by atoms with E-state index >= 15 is 0 Å². The first-order valence-corrected chi connectivity index (χ1v) is 8.32. The summed E-state index contributed by atoms with van der Waals surface area (Å²) in [6, 6.07) is 15.0. The number of amides is 1. The fourth-order valence-corrected chi connectivity index (χ4v) is 2.44. The van der Waals surface area contributed by atoms with E-state index in [1.165, 1.54) is 12.1 Å². The fourth-order valence-electron chi connectivity index (χ4n) is 2.44. The van der Waals surface area contributed by atoms with E-state index in [-0.39, 0.29) is 17.7 Å². The Hall–Kier alpha value is -2.70. The highest BCUT2D eigenvalue weighted by atomic mass is 19.4. The summed E-state index contributed by atoms with van der Waals surface area (Å²) in [5.41, 5.74) is 1.42. The van der Waals surface area contributed by atoms with Crippen LogP contribution in [0.4, 0.5) is 18.9 Å². The van der Waals surface area contributed by atoms with Crippen LogP contribution in [0.3, 0.4) is 0 Å². The summed E-state index contributed by atoms with van der Waals surface area (Å²) in [4.78, 5) is 12.6. The molecule has 0 bridgehead atoms. The van der Waals surface area contributed by atoms with Gasteiger partial charge in [0.25, 0.3) is 0 Å². The fraction of sp³-hybridized carbons (Fsp3) is 0.316. The summed E-state index contributed by atoms with van der Waals surface area (Å²) in [5, 5.41) is 6.11. The van der Waals surface area contributed by atoms with Gasteiger partial charge in [-0.2, -0.15) is 13.2 Å². The lowest BCUT2D eigenvalue weighted by Crippen LogP contribution is -2.34. The Morgan fingerprint density at radius 1 is 1.08 bits per heavy atom. The molecule has 0 unspecified atom stereocenters. The number of nitrogens with one attached hydrogen (secondary N) is 2. The van der Waals surface area contributed by atoms with E-state index in [1.54, 1.807) is 12.1 Å². The largest absolute Gasteiger partial charge is 0.484 e. The van der Waals surface area contributed by atoms with Crippen LogP contribution in [0.1, 0.15) is 24.4 Å². The zero-order valence-electron chi connectivity index (χ0n) is 13.9. The van der Waals surface area contributed by atoms with Gasteiger partial charge in [-0.25, -0.2) is 0 Å². The first-order chi connectivity index (χ1) is 12.4. The van der Waals surface area contributed by atoms with Crippen LogP contribution in [0.5, 0.6) is 5.75 Å². The van der Waals surface area contributed by atoms with Gasteiger partial charge in [-0.05, 0) is 42.7 Å². The van der Waals surface area contributed by atoms with Crippen molar-refractivity contribution >= 4 is 11.6 Å². The standard InChI is InChI=1S/C19H19F3N2O2/c20-19(21,22)12-26-16-10-8-14(9-11-16)23-17(13-4-2-1-3-5-13)18(25)24-15-6-7-15/h1-5,8-11,15,17,23H,6-7,12H2,(H,24,25)/t17-/m1/s1. The molecule has 1 atom stereocenters. The molecule has 1 aliphatic rings. The molecule has 4 nitrogen and oxygen atoms in total. The quantitative estimate of drug-likeness (QED) is 0.779. The second-order valence-electron chi connectivity index (χ2n) is 6.20. The third kappa shape index (κ3) is 5.40. The van der Waals surface area contributed by atoms with Crippen LogP contribution in [0.2, 0.25) is 0 Å². The van der Waals surface area contributed by atoms with Crippen LogP contribution in [0.15, 0.2) is 54.6 Å². The molecule has 2 aromatic carbocycles. The van der Waals surface area contributed by atoms with Crippen LogP contribution in [0, 0.1) is 0 Å². The maximum Gasteiger partial charge on any atom is 0.422 e. The average Bonchev–Trinajstić information content (AvgIpc) is 3.43. The predicted molar refractivity (Wildman–Crippen MR) is 92.0 cm³/mol.